The summed E-state index contributed by atoms with van der Waals surface area (Å²) in [7, 11) is 0. The van der Waals surface area contributed by atoms with E-state index in [1.807, 2.05) is 0 Å². The van der Waals surface area contributed by atoms with Gasteiger partial charge in [0.25, 0.3) is 5.91 Å². The van der Waals surface area contributed by atoms with Gasteiger partial charge in [0, 0.05) is 16.2 Å². The Labute approximate surface area is 150 Å². The van der Waals surface area contributed by atoms with E-state index in [0.29, 0.717) is 16.0 Å². The molecule has 2 N–H and O–H groups in total. The molecule has 8 heteroatoms. The zero-order valence-electron chi connectivity index (χ0n) is 13.0. The summed E-state index contributed by atoms with van der Waals surface area (Å²) in [5.74, 6) is -1.04. The van der Waals surface area contributed by atoms with Crippen LogP contribution < -0.4 is 5.32 Å². The Bertz CT molecular complexity index is 933. The molecule has 25 heavy (non-hydrogen) atoms. The smallest absolute Gasteiger partial charge is 0.272 e. The number of benzene rings is 1. The van der Waals surface area contributed by atoms with Crippen molar-refractivity contribution >= 4 is 33.3 Å². The fraction of sp³-hybridized carbons (Fsp3) is 0.0588. The minimum atomic E-state index is -0.636. The number of nitrogens with one attached hydrogen (secondary N) is 2. The number of hydrogen-bond acceptors (Lipinski definition) is 4. The normalized spacial score (nSPS) is 10.5. The number of ketones is 1. The van der Waals surface area contributed by atoms with Crippen molar-refractivity contribution < 1.29 is 14.0 Å². The van der Waals surface area contributed by atoms with Crippen molar-refractivity contribution in [3.8, 4) is 0 Å². The standard InChI is InChI=1S/C17H12BrFN4O2/c1-9-20-7-11(8-21-9)23-17(25)14-5-10(6-22-14)16(24)15-12(18)3-2-4-13(15)19/h2-8,22H,1H3,(H,23,25). The maximum atomic E-state index is 13.9. The van der Waals surface area contributed by atoms with Gasteiger partial charge in [0.1, 0.15) is 17.3 Å². The van der Waals surface area contributed by atoms with E-state index >= 15 is 0 Å². The molecule has 0 saturated heterocycles. The maximum absolute atomic E-state index is 13.9. The summed E-state index contributed by atoms with van der Waals surface area (Å²) in [6.45, 7) is 1.73. The van der Waals surface area contributed by atoms with Gasteiger partial charge in [-0.25, -0.2) is 14.4 Å². The van der Waals surface area contributed by atoms with Gasteiger partial charge in [-0.1, -0.05) is 6.07 Å². The lowest BCUT2D eigenvalue weighted by Gasteiger charge is -2.03. The van der Waals surface area contributed by atoms with Gasteiger partial charge in [-0.3, -0.25) is 9.59 Å². The number of amides is 1. The van der Waals surface area contributed by atoms with Gasteiger partial charge in [-0.2, -0.15) is 0 Å². The number of nitrogens with zero attached hydrogens (tertiary/aromatic N) is 2. The van der Waals surface area contributed by atoms with Crippen LogP contribution in [0.1, 0.15) is 32.2 Å². The second-order valence-corrected chi connectivity index (χ2v) is 6.06. The second kappa shape index (κ2) is 6.94. The van der Waals surface area contributed by atoms with Gasteiger partial charge in [0.05, 0.1) is 23.6 Å². The van der Waals surface area contributed by atoms with E-state index in [-0.39, 0.29) is 16.8 Å². The van der Waals surface area contributed by atoms with Crippen LogP contribution in [-0.4, -0.2) is 26.6 Å². The number of rotatable bonds is 4. The third kappa shape index (κ3) is 3.63. The van der Waals surface area contributed by atoms with Crippen molar-refractivity contribution in [2.75, 3.05) is 5.32 Å². The number of hydrogen-bond donors (Lipinski definition) is 2. The van der Waals surface area contributed by atoms with Crippen molar-refractivity contribution in [1.82, 2.24) is 15.0 Å². The molecule has 2 aromatic heterocycles. The molecular formula is C17H12BrFN4O2. The number of anilines is 1. The number of H-pyrrole nitrogens is 1. The molecule has 1 amide bonds. The minimum Gasteiger partial charge on any atom is -0.356 e. The van der Waals surface area contributed by atoms with Crippen molar-refractivity contribution in [3.63, 3.8) is 0 Å². The van der Waals surface area contributed by atoms with Crippen LogP contribution in [0.5, 0.6) is 0 Å². The van der Waals surface area contributed by atoms with Crippen LogP contribution in [0.25, 0.3) is 0 Å². The summed E-state index contributed by atoms with van der Waals surface area (Å²) >= 11 is 3.17. The first-order chi connectivity index (χ1) is 12.0. The molecule has 126 valence electrons. The van der Waals surface area contributed by atoms with E-state index in [1.165, 1.54) is 36.8 Å². The van der Waals surface area contributed by atoms with Crippen LogP contribution in [-0.2, 0) is 0 Å². The summed E-state index contributed by atoms with van der Waals surface area (Å²) in [6.07, 6.45) is 4.32. The number of aromatic amines is 1. The Kier molecular flexibility index (Phi) is 4.71. The van der Waals surface area contributed by atoms with E-state index < -0.39 is 17.5 Å². The molecule has 2 heterocycles. The third-order valence-electron chi connectivity index (χ3n) is 3.42. The first-order valence-corrected chi connectivity index (χ1v) is 8.02. The molecule has 1 aromatic carbocycles. The Morgan fingerprint density at radius 1 is 1.24 bits per heavy atom. The highest BCUT2D eigenvalue weighted by Crippen LogP contribution is 2.23. The third-order valence-corrected chi connectivity index (χ3v) is 4.08. The lowest BCUT2D eigenvalue weighted by Crippen LogP contribution is -2.13. The van der Waals surface area contributed by atoms with E-state index in [0.717, 1.165) is 0 Å². The van der Waals surface area contributed by atoms with E-state index in [9.17, 15) is 14.0 Å². The molecule has 3 rings (SSSR count). The molecule has 6 nitrogen and oxygen atoms in total. The Hall–Kier alpha value is -2.87. The predicted octanol–water partition coefficient (Wildman–Crippen LogP) is 3.50. The topological polar surface area (TPSA) is 87.7 Å². The van der Waals surface area contributed by atoms with E-state index in [1.54, 1.807) is 13.0 Å². The van der Waals surface area contributed by atoms with Crippen LogP contribution >= 0.6 is 15.9 Å². The maximum Gasteiger partial charge on any atom is 0.272 e. The summed E-state index contributed by atoms with van der Waals surface area (Å²) in [4.78, 5) is 35.4. The van der Waals surface area contributed by atoms with Crippen molar-refractivity contribution in [2.24, 2.45) is 0 Å². The van der Waals surface area contributed by atoms with Crippen LogP contribution in [0.3, 0.4) is 0 Å². The van der Waals surface area contributed by atoms with E-state index in [2.05, 4.69) is 36.2 Å². The molecule has 0 spiro atoms. The number of aromatic nitrogens is 3. The van der Waals surface area contributed by atoms with E-state index in [4.69, 9.17) is 0 Å². The molecule has 0 unspecified atom stereocenters. The summed E-state index contributed by atoms with van der Waals surface area (Å²) < 4.78 is 14.3. The van der Waals surface area contributed by atoms with Crippen molar-refractivity contribution in [3.05, 3.63) is 75.8 Å². The number of carbonyl (C=O) groups excluding carboxylic acids is 2. The minimum absolute atomic E-state index is 0.0830. The zero-order chi connectivity index (χ0) is 18.0. The molecule has 0 aliphatic rings. The average molecular weight is 403 g/mol. The predicted molar refractivity (Wildman–Crippen MR) is 93.0 cm³/mol. The number of carbonyl (C=O) groups is 2. The van der Waals surface area contributed by atoms with Gasteiger partial charge in [0.2, 0.25) is 0 Å². The number of aryl methyl sites for hydroxylation is 1. The number of halogens is 2. The second-order valence-electron chi connectivity index (χ2n) is 5.20. The molecular weight excluding hydrogens is 391 g/mol. The molecule has 0 bridgehead atoms. The van der Waals surface area contributed by atoms with Gasteiger partial charge in [0.15, 0.2) is 5.78 Å². The zero-order valence-corrected chi connectivity index (χ0v) is 14.6. The average Bonchev–Trinajstić information content (AvgIpc) is 3.07. The summed E-state index contributed by atoms with van der Waals surface area (Å²) in [6, 6.07) is 5.64. The van der Waals surface area contributed by atoms with Crippen LogP contribution in [0.15, 0.2) is 47.3 Å². The molecule has 0 aliphatic carbocycles. The lowest BCUT2D eigenvalue weighted by molar-refractivity contribution is 0.102. The van der Waals surface area contributed by atoms with Crippen LogP contribution in [0, 0.1) is 12.7 Å². The Morgan fingerprint density at radius 2 is 1.96 bits per heavy atom. The molecule has 0 aliphatic heterocycles. The Morgan fingerprint density at radius 3 is 2.64 bits per heavy atom. The van der Waals surface area contributed by atoms with Gasteiger partial charge in [-0.05, 0) is 41.1 Å². The quantitative estimate of drug-likeness (QED) is 0.653. The lowest BCUT2D eigenvalue weighted by atomic mass is 10.1. The first-order valence-electron chi connectivity index (χ1n) is 7.23. The molecule has 0 saturated carbocycles. The largest absolute Gasteiger partial charge is 0.356 e. The highest BCUT2D eigenvalue weighted by Gasteiger charge is 2.20. The summed E-state index contributed by atoms with van der Waals surface area (Å²) in [5.41, 5.74) is 0.683. The molecule has 0 radical (unpaired) electrons. The van der Waals surface area contributed by atoms with Gasteiger partial charge in [-0.15, -0.1) is 0 Å². The fourth-order valence-electron chi connectivity index (χ4n) is 2.17. The van der Waals surface area contributed by atoms with Gasteiger partial charge < -0.3 is 10.3 Å². The van der Waals surface area contributed by atoms with Crippen LogP contribution in [0.2, 0.25) is 0 Å². The summed E-state index contributed by atoms with van der Waals surface area (Å²) in [5, 5.41) is 2.61. The highest BCUT2D eigenvalue weighted by atomic mass is 79.9. The molecule has 0 fully saturated rings. The fourth-order valence-corrected chi connectivity index (χ4v) is 2.69. The van der Waals surface area contributed by atoms with Crippen molar-refractivity contribution in [2.45, 2.75) is 6.92 Å². The SMILES string of the molecule is Cc1ncc(NC(=O)c2cc(C(=O)c3c(F)cccc3Br)c[nH]2)cn1. The monoisotopic (exact) mass is 402 g/mol. The first kappa shape index (κ1) is 17.0. The molecule has 0 atom stereocenters. The Balaban J connectivity index is 1.81. The van der Waals surface area contributed by atoms with Crippen molar-refractivity contribution in [1.29, 1.82) is 0 Å². The highest BCUT2D eigenvalue weighted by molar-refractivity contribution is 9.10. The van der Waals surface area contributed by atoms with Gasteiger partial charge >= 0.3 is 0 Å². The van der Waals surface area contributed by atoms with Crippen LogP contribution in [0.4, 0.5) is 10.1 Å². The molecule has 3 aromatic rings.